The number of nitrogens with zero attached hydrogens (tertiary/aromatic N) is 3. The molecule has 1 aromatic heterocycles. The first kappa shape index (κ1) is 26.9. The summed E-state index contributed by atoms with van der Waals surface area (Å²) >= 11 is 0. The van der Waals surface area contributed by atoms with Crippen molar-refractivity contribution in [2.45, 2.75) is 77.0 Å². The number of carbonyl (C=O) groups is 3. The second kappa shape index (κ2) is 11.4. The summed E-state index contributed by atoms with van der Waals surface area (Å²) in [4.78, 5) is 55.2. The second-order valence-corrected chi connectivity index (χ2v) is 10.2. The minimum absolute atomic E-state index is 0.148. The molecular weight excluding hydrogens is 462 g/mol. The molecule has 0 unspecified atom stereocenters. The van der Waals surface area contributed by atoms with E-state index in [2.05, 4.69) is 10.3 Å². The van der Waals surface area contributed by atoms with Crippen LogP contribution in [0.2, 0.25) is 0 Å². The highest BCUT2D eigenvalue weighted by Crippen LogP contribution is 2.25. The molecule has 1 aromatic carbocycles. The van der Waals surface area contributed by atoms with Gasteiger partial charge < -0.3 is 20.4 Å². The van der Waals surface area contributed by atoms with Crippen molar-refractivity contribution < 1.29 is 19.1 Å². The summed E-state index contributed by atoms with van der Waals surface area (Å²) in [6.45, 7) is 5.22. The minimum Gasteiger partial charge on any atom is -0.443 e. The molecule has 0 saturated heterocycles. The molecule has 1 saturated carbocycles. The Balaban J connectivity index is 1.75. The van der Waals surface area contributed by atoms with Gasteiger partial charge in [-0.15, -0.1) is 0 Å². The van der Waals surface area contributed by atoms with Gasteiger partial charge in [-0.2, -0.15) is 0 Å². The Kier molecular flexibility index (Phi) is 8.49. The van der Waals surface area contributed by atoms with Crippen LogP contribution < -0.4 is 16.6 Å². The predicted molar refractivity (Wildman–Crippen MR) is 135 cm³/mol. The number of hydrogen-bond donors (Lipinski definition) is 2. The number of benzene rings is 1. The summed E-state index contributed by atoms with van der Waals surface area (Å²) in [6.07, 6.45) is 6.56. The van der Waals surface area contributed by atoms with Gasteiger partial charge in [0.25, 0.3) is 5.56 Å². The van der Waals surface area contributed by atoms with Crippen LogP contribution >= 0.6 is 0 Å². The van der Waals surface area contributed by atoms with E-state index in [1.54, 1.807) is 46.1 Å². The third kappa shape index (κ3) is 7.16. The average Bonchev–Trinajstić information content (AvgIpc) is 2.80. The predicted octanol–water partition coefficient (Wildman–Crippen LogP) is 3.12. The number of aromatic nitrogens is 2. The van der Waals surface area contributed by atoms with Gasteiger partial charge in [-0.3, -0.25) is 9.59 Å². The number of imide groups is 1. The average molecular weight is 498 g/mol. The summed E-state index contributed by atoms with van der Waals surface area (Å²) < 4.78 is 6.93. The van der Waals surface area contributed by atoms with E-state index in [1.165, 1.54) is 10.8 Å². The van der Waals surface area contributed by atoms with Crippen LogP contribution in [0.3, 0.4) is 0 Å². The number of hydrogen-bond acceptors (Lipinski definition) is 6. The van der Waals surface area contributed by atoms with Crippen molar-refractivity contribution in [3.8, 4) is 11.3 Å². The van der Waals surface area contributed by atoms with E-state index < -0.39 is 29.7 Å². The monoisotopic (exact) mass is 497 g/mol. The fourth-order valence-corrected chi connectivity index (χ4v) is 4.18. The maximum absolute atomic E-state index is 13.2. The maximum atomic E-state index is 13.2. The largest absolute Gasteiger partial charge is 0.443 e. The Labute approximate surface area is 210 Å². The Bertz CT molecular complexity index is 1150. The molecule has 1 aliphatic rings. The summed E-state index contributed by atoms with van der Waals surface area (Å²) in [5, 5.41) is 2.65. The molecule has 2 aromatic rings. The van der Waals surface area contributed by atoms with Crippen LogP contribution in [0, 0.1) is 0 Å². The SMILES string of the molecule is Cn1cc(-c2ccc(C[C@H](NC(=O)N(C(=O)OC(C)(C)C)C3CCCCC3)C(N)=O)cc2)ncc1=O. The molecule has 1 fully saturated rings. The molecule has 194 valence electrons. The van der Waals surface area contributed by atoms with Gasteiger partial charge in [0.05, 0.1) is 11.9 Å². The first-order chi connectivity index (χ1) is 16.9. The zero-order chi connectivity index (χ0) is 26.5. The van der Waals surface area contributed by atoms with Crippen LogP contribution in [-0.4, -0.2) is 50.2 Å². The molecule has 3 rings (SSSR count). The van der Waals surface area contributed by atoms with Crippen LogP contribution in [0.15, 0.2) is 41.5 Å². The van der Waals surface area contributed by atoms with Crippen LogP contribution in [-0.2, 0) is 23.0 Å². The number of aryl methyl sites for hydroxylation is 1. The standard InChI is InChI=1S/C26H35N5O5/c1-26(2,3)36-25(35)31(19-8-6-5-7-9-19)24(34)29-20(23(27)33)14-17-10-12-18(13-11-17)21-16-30(4)22(32)15-28-21/h10-13,15-16,19-20H,5-9,14H2,1-4H3,(H2,27,33)(H,29,34)/t20-/m0/s1. The van der Waals surface area contributed by atoms with Crippen LogP contribution in [0.25, 0.3) is 11.3 Å². The molecule has 3 N–H and O–H groups in total. The zero-order valence-corrected chi connectivity index (χ0v) is 21.3. The van der Waals surface area contributed by atoms with Crippen molar-refractivity contribution in [1.29, 1.82) is 0 Å². The lowest BCUT2D eigenvalue weighted by atomic mass is 9.94. The summed E-state index contributed by atoms with van der Waals surface area (Å²) in [6, 6.07) is 5.23. The summed E-state index contributed by atoms with van der Waals surface area (Å²) in [7, 11) is 1.65. The number of rotatable bonds is 6. The van der Waals surface area contributed by atoms with E-state index in [-0.39, 0.29) is 18.0 Å². The number of ether oxygens (including phenoxy) is 1. The maximum Gasteiger partial charge on any atom is 0.418 e. The van der Waals surface area contributed by atoms with Crippen LogP contribution in [0.5, 0.6) is 0 Å². The molecule has 10 heteroatoms. The molecule has 1 heterocycles. The summed E-state index contributed by atoms with van der Waals surface area (Å²) in [5.41, 5.74) is 6.82. The highest BCUT2D eigenvalue weighted by atomic mass is 16.6. The van der Waals surface area contributed by atoms with Gasteiger partial charge >= 0.3 is 12.1 Å². The van der Waals surface area contributed by atoms with Gasteiger partial charge in [-0.05, 0) is 39.2 Å². The first-order valence-corrected chi connectivity index (χ1v) is 12.2. The highest BCUT2D eigenvalue weighted by Gasteiger charge is 2.35. The fourth-order valence-electron chi connectivity index (χ4n) is 4.18. The number of nitrogens with two attached hydrogens (primary N) is 1. The van der Waals surface area contributed by atoms with Crippen molar-refractivity contribution in [2.75, 3.05) is 0 Å². The first-order valence-electron chi connectivity index (χ1n) is 12.2. The van der Waals surface area contributed by atoms with E-state index in [9.17, 15) is 19.2 Å². The van der Waals surface area contributed by atoms with Crippen molar-refractivity contribution in [1.82, 2.24) is 19.8 Å². The second-order valence-electron chi connectivity index (χ2n) is 10.2. The Morgan fingerprint density at radius 1 is 1.17 bits per heavy atom. The minimum atomic E-state index is -1.02. The Hall–Kier alpha value is -3.69. The van der Waals surface area contributed by atoms with Gasteiger partial charge in [0, 0.05) is 31.3 Å². The van der Waals surface area contributed by atoms with Crippen LogP contribution in [0.4, 0.5) is 9.59 Å². The fraction of sp³-hybridized carbons (Fsp3) is 0.500. The molecule has 4 amide bonds. The van der Waals surface area contributed by atoms with Gasteiger partial charge in [-0.25, -0.2) is 19.5 Å². The number of nitrogens with one attached hydrogen (secondary N) is 1. The Morgan fingerprint density at radius 3 is 2.36 bits per heavy atom. The van der Waals surface area contributed by atoms with Gasteiger partial charge in [-0.1, -0.05) is 43.5 Å². The lowest BCUT2D eigenvalue weighted by molar-refractivity contribution is -0.119. The number of urea groups is 1. The van der Waals surface area contributed by atoms with E-state index in [1.807, 2.05) is 12.1 Å². The molecule has 0 radical (unpaired) electrons. The lowest BCUT2D eigenvalue weighted by Gasteiger charge is -2.34. The highest BCUT2D eigenvalue weighted by molar-refractivity contribution is 5.94. The van der Waals surface area contributed by atoms with E-state index >= 15 is 0 Å². The van der Waals surface area contributed by atoms with Gasteiger partial charge in [0.1, 0.15) is 11.6 Å². The van der Waals surface area contributed by atoms with E-state index in [0.717, 1.165) is 35.3 Å². The third-order valence-electron chi connectivity index (χ3n) is 6.06. The molecule has 1 atom stereocenters. The van der Waals surface area contributed by atoms with Crippen LogP contribution in [0.1, 0.15) is 58.4 Å². The Morgan fingerprint density at radius 2 is 1.81 bits per heavy atom. The summed E-state index contributed by atoms with van der Waals surface area (Å²) in [5.74, 6) is -0.708. The smallest absolute Gasteiger partial charge is 0.418 e. The molecule has 36 heavy (non-hydrogen) atoms. The molecular formula is C26H35N5O5. The molecule has 10 nitrogen and oxygen atoms in total. The number of primary amides is 1. The quantitative estimate of drug-likeness (QED) is 0.629. The van der Waals surface area contributed by atoms with Crippen molar-refractivity contribution >= 4 is 18.0 Å². The number of amides is 4. The van der Waals surface area contributed by atoms with Crippen molar-refractivity contribution in [2.24, 2.45) is 12.8 Å². The molecule has 0 spiro atoms. The van der Waals surface area contributed by atoms with Crippen molar-refractivity contribution in [3.63, 3.8) is 0 Å². The van der Waals surface area contributed by atoms with Crippen molar-refractivity contribution in [3.05, 3.63) is 52.6 Å². The topological polar surface area (TPSA) is 137 Å². The molecule has 0 aliphatic heterocycles. The van der Waals surface area contributed by atoms with Gasteiger partial charge in [0.15, 0.2) is 0 Å². The van der Waals surface area contributed by atoms with Gasteiger partial charge in [0.2, 0.25) is 5.91 Å². The normalized spacial score (nSPS) is 15.1. The molecule has 1 aliphatic carbocycles. The lowest BCUT2D eigenvalue weighted by Crippen LogP contribution is -2.56. The van der Waals surface area contributed by atoms with E-state index in [0.29, 0.717) is 18.5 Å². The van der Waals surface area contributed by atoms with E-state index in [4.69, 9.17) is 10.5 Å². The molecule has 0 bridgehead atoms. The zero-order valence-electron chi connectivity index (χ0n) is 21.3. The number of carbonyl (C=O) groups excluding carboxylic acids is 3. The third-order valence-corrected chi connectivity index (χ3v) is 6.06.